The number of aromatic carboxylic acids is 1. The fourth-order valence-electron chi connectivity index (χ4n) is 8.93. The molecule has 0 aliphatic heterocycles. The van der Waals surface area contributed by atoms with Crippen molar-refractivity contribution in [2.75, 3.05) is 40.1 Å². The standard InChI is InChI=1S/C32H35N9O2.C19H20N4O.C13H16N4O2/c1-19-14-29(39-30(36-19)35-16-21-10-11-21)43-26-13-12-25(23-8-6-7-9-24(23)26)37-31(42)38-28-15-27(32(3,4)5)40-41(28)22-17-33-20(2)34-18-22;1-12-10-18(23-19(22-12)21-11-13-6-7-13)24-17-9-8-16(20)14-4-2-3-5-15(14)17;1-8-14-6-9(7-15-8)17-10(12(18)19)5-11(16-17)13(2,3)4/h6-9,12-15,17-18,21H,10-11,16H2,1-5H3,(H,35,36,39)(H2,37,38,42);2-5,8-10,13H,6-7,11,20H2,1H3,(H,21,22,23);5-7H,1-4H3,(H,18,19). The van der Waals surface area contributed by atoms with Gasteiger partial charge in [0.25, 0.3) is 0 Å². The number of rotatable bonds is 15. The Balaban J connectivity index is 0.000000160. The third-order valence-electron chi connectivity index (χ3n) is 14.1. The number of nitrogens with two attached hydrogens (primary N) is 1. The average Bonchev–Trinajstić information content (AvgIpc) is 2.62. The number of fused-ring (bicyclic) bond motifs is 2. The molecule has 7 N–H and O–H groups in total. The van der Waals surface area contributed by atoms with Crippen molar-refractivity contribution in [1.82, 2.24) is 59.4 Å². The molecule has 0 atom stereocenters. The van der Waals surface area contributed by atoms with Crippen LogP contribution in [0.4, 0.5) is 33.9 Å². The fraction of sp³-hybridized carbons (Fsp3) is 0.312. The van der Waals surface area contributed by atoms with Crippen LogP contribution in [-0.2, 0) is 10.8 Å². The van der Waals surface area contributed by atoms with E-state index in [1.165, 1.54) is 30.4 Å². The molecule has 2 saturated carbocycles. The van der Waals surface area contributed by atoms with Gasteiger partial charge in [0, 0.05) is 80.7 Å². The quantitative estimate of drug-likeness (QED) is 0.0520. The average molecular weight is 1160 g/mol. The van der Waals surface area contributed by atoms with Gasteiger partial charge < -0.3 is 36.3 Å². The van der Waals surface area contributed by atoms with Gasteiger partial charge in [-0.25, -0.2) is 48.9 Å². The number of carbonyl (C=O) groups excluding carboxylic acids is 1. The van der Waals surface area contributed by atoms with Crippen molar-refractivity contribution in [3.63, 3.8) is 0 Å². The summed E-state index contributed by atoms with van der Waals surface area (Å²) in [5.74, 6) is 5.77. The number of benzene rings is 4. The van der Waals surface area contributed by atoms with Crippen LogP contribution in [-0.4, -0.2) is 89.6 Å². The molecule has 442 valence electrons. The number of nitrogens with zero attached hydrogens (tertiary/aromatic N) is 12. The van der Waals surface area contributed by atoms with Gasteiger partial charge >= 0.3 is 12.0 Å². The van der Waals surface area contributed by atoms with E-state index in [4.69, 9.17) is 20.3 Å². The molecule has 0 radical (unpaired) electrons. The first-order chi connectivity index (χ1) is 41.1. The lowest BCUT2D eigenvalue weighted by atomic mass is 9.92. The van der Waals surface area contributed by atoms with Crippen LogP contribution in [0, 0.1) is 39.5 Å². The van der Waals surface area contributed by atoms with Crippen LogP contribution in [0.5, 0.6) is 23.3 Å². The van der Waals surface area contributed by atoms with Gasteiger partial charge in [-0.15, -0.1) is 0 Å². The first-order valence-electron chi connectivity index (χ1n) is 28.5. The van der Waals surface area contributed by atoms with Gasteiger partial charge in [-0.3, -0.25) is 5.32 Å². The van der Waals surface area contributed by atoms with E-state index in [9.17, 15) is 14.7 Å². The summed E-state index contributed by atoms with van der Waals surface area (Å²) in [6.45, 7) is 21.4. The van der Waals surface area contributed by atoms with Crippen molar-refractivity contribution < 1.29 is 24.2 Å². The van der Waals surface area contributed by atoms with Crippen LogP contribution >= 0.6 is 0 Å². The molecule has 4 aromatic carbocycles. The van der Waals surface area contributed by atoms with E-state index < -0.39 is 12.0 Å². The summed E-state index contributed by atoms with van der Waals surface area (Å²) >= 11 is 0. The molecule has 86 heavy (non-hydrogen) atoms. The number of aryl methyl sites for hydroxylation is 4. The highest BCUT2D eigenvalue weighted by Gasteiger charge is 2.26. The highest BCUT2D eigenvalue weighted by atomic mass is 16.5. The minimum Gasteiger partial charge on any atom is -0.477 e. The van der Waals surface area contributed by atoms with Gasteiger partial charge in [-0.05, 0) is 95.5 Å². The van der Waals surface area contributed by atoms with Crippen molar-refractivity contribution in [2.24, 2.45) is 11.8 Å². The Morgan fingerprint density at radius 3 is 1.52 bits per heavy atom. The molecule has 0 spiro atoms. The third-order valence-corrected chi connectivity index (χ3v) is 14.1. The topological polar surface area (TPSA) is 286 Å². The van der Waals surface area contributed by atoms with E-state index in [1.807, 2.05) is 133 Å². The van der Waals surface area contributed by atoms with Crippen LogP contribution in [0.25, 0.3) is 32.9 Å². The number of urea groups is 1. The Labute approximate surface area is 498 Å². The smallest absolute Gasteiger partial charge is 0.354 e. The Morgan fingerprint density at radius 2 is 1.02 bits per heavy atom. The first-order valence-corrected chi connectivity index (χ1v) is 28.5. The van der Waals surface area contributed by atoms with Crippen LogP contribution in [0.2, 0.25) is 0 Å². The summed E-state index contributed by atoms with van der Waals surface area (Å²) in [5.41, 5.74) is 11.5. The van der Waals surface area contributed by atoms with E-state index >= 15 is 0 Å². The number of carboxylic acids is 1. The zero-order valence-corrected chi connectivity index (χ0v) is 50.0. The molecular weight excluding hydrogens is 1090 g/mol. The number of amides is 2. The minimum atomic E-state index is -1.02. The summed E-state index contributed by atoms with van der Waals surface area (Å²) in [4.78, 5) is 59.3. The minimum absolute atomic E-state index is 0.109. The number of hydrogen-bond acceptors (Lipinski definition) is 17. The monoisotopic (exact) mass is 1160 g/mol. The molecule has 2 aliphatic carbocycles. The normalized spacial score (nSPS) is 13.0. The molecule has 2 amide bonds. The summed E-state index contributed by atoms with van der Waals surface area (Å²) < 4.78 is 15.3. The van der Waals surface area contributed by atoms with Gasteiger partial charge in [0.05, 0.1) is 41.9 Å². The van der Waals surface area contributed by atoms with Gasteiger partial charge in [0.15, 0.2) is 5.69 Å². The second kappa shape index (κ2) is 25.0. The molecule has 6 aromatic heterocycles. The molecule has 0 unspecified atom stereocenters. The number of nitrogens with one attached hydrogen (secondary N) is 4. The van der Waals surface area contributed by atoms with Gasteiger partial charge in [-0.1, -0.05) is 90.1 Å². The predicted molar refractivity (Wildman–Crippen MR) is 333 cm³/mol. The molecule has 0 bridgehead atoms. The van der Waals surface area contributed by atoms with Crippen LogP contribution in [0.15, 0.2) is 122 Å². The van der Waals surface area contributed by atoms with Crippen molar-refractivity contribution in [2.45, 2.75) is 106 Å². The summed E-state index contributed by atoms with van der Waals surface area (Å²) in [5, 5.41) is 34.5. The SMILES string of the molecule is Cc1cc(Oc2ccc(N)c3ccccc23)nc(NCC2CC2)n1.Cc1cc(Oc2ccc(NC(=O)Nc3cc(C(C)(C)C)nn3-c3cnc(C)nc3)c3ccccc23)nc(NCC2CC2)n1.Cc1ncc(-n2nc(C(C)(C)C)cc2C(=O)O)cn1. The molecule has 2 fully saturated rings. The molecule has 22 nitrogen and oxygen atoms in total. The molecule has 2 aliphatic rings. The Hall–Kier alpha value is -10.1. The van der Waals surface area contributed by atoms with Crippen molar-refractivity contribution >= 4 is 62.6 Å². The zero-order chi connectivity index (χ0) is 60.9. The number of carbonyl (C=O) groups is 2. The summed E-state index contributed by atoms with van der Waals surface area (Å²) in [7, 11) is 0. The largest absolute Gasteiger partial charge is 0.477 e. The lowest BCUT2D eigenvalue weighted by Gasteiger charge is -2.14. The van der Waals surface area contributed by atoms with E-state index in [2.05, 4.69) is 87.0 Å². The van der Waals surface area contributed by atoms with E-state index in [0.29, 0.717) is 75.5 Å². The number of anilines is 5. The lowest BCUT2D eigenvalue weighted by Crippen LogP contribution is -2.21. The second-order valence-corrected chi connectivity index (χ2v) is 23.6. The van der Waals surface area contributed by atoms with Crippen LogP contribution in [0.1, 0.15) is 112 Å². The fourth-order valence-corrected chi connectivity index (χ4v) is 8.93. The molecule has 6 heterocycles. The van der Waals surface area contributed by atoms with Crippen molar-refractivity contribution in [3.05, 3.63) is 162 Å². The number of ether oxygens (including phenoxy) is 2. The highest BCUT2D eigenvalue weighted by molar-refractivity contribution is 6.07. The number of carboxylic acid groups (broad SMARTS) is 1. The van der Waals surface area contributed by atoms with Gasteiger partial charge in [-0.2, -0.15) is 20.2 Å². The Bertz CT molecular complexity index is 4070. The van der Waals surface area contributed by atoms with E-state index in [1.54, 1.807) is 42.5 Å². The zero-order valence-electron chi connectivity index (χ0n) is 50.0. The molecule has 0 saturated heterocycles. The molecular formula is C64H71N17O5. The van der Waals surface area contributed by atoms with Gasteiger partial charge in [0.2, 0.25) is 23.7 Å². The molecule has 10 aromatic rings. The molecule has 12 rings (SSSR count). The second-order valence-electron chi connectivity index (χ2n) is 23.6. The predicted octanol–water partition coefficient (Wildman–Crippen LogP) is 12.9. The Kier molecular flexibility index (Phi) is 17.2. The van der Waals surface area contributed by atoms with Crippen molar-refractivity contribution in [3.8, 4) is 34.6 Å². The van der Waals surface area contributed by atoms with Crippen molar-refractivity contribution in [1.29, 1.82) is 0 Å². The van der Waals surface area contributed by atoms with Gasteiger partial charge in [0.1, 0.15) is 40.3 Å². The maximum absolute atomic E-state index is 13.3. The number of hydrogen-bond donors (Lipinski definition) is 6. The maximum Gasteiger partial charge on any atom is 0.354 e. The number of nitrogen functional groups attached to an aromatic ring is 1. The molecule has 22 heteroatoms. The van der Waals surface area contributed by atoms with Crippen LogP contribution in [0.3, 0.4) is 0 Å². The van der Waals surface area contributed by atoms with Crippen LogP contribution < -0.4 is 36.5 Å². The summed E-state index contributed by atoms with van der Waals surface area (Å²) in [6.07, 6.45) is 11.6. The summed E-state index contributed by atoms with van der Waals surface area (Å²) in [6, 6.07) is 29.8. The lowest BCUT2D eigenvalue weighted by molar-refractivity contribution is 0.0686. The maximum atomic E-state index is 13.3. The third kappa shape index (κ3) is 15.0. The van der Waals surface area contributed by atoms with E-state index in [0.717, 1.165) is 69.1 Å². The highest BCUT2D eigenvalue weighted by Crippen LogP contribution is 2.37. The number of aromatic nitrogens is 12. The Morgan fingerprint density at radius 1 is 0.570 bits per heavy atom. The first kappa shape index (κ1) is 59.1. The van der Waals surface area contributed by atoms with E-state index in [-0.39, 0.29) is 16.5 Å².